The topological polar surface area (TPSA) is 58.6 Å². The highest BCUT2D eigenvalue weighted by Gasteiger charge is 2.25. The number of nitrogens with one attached hydrogen (secondary N) is 1. The summed E-state index contributed by atoms with van der Waals surface area (Å²) in [6.07, 6.45) is 4.13. The number of nitrogens with zero attached hydrogens (tertiary/aromatic N) is 1. The molecule has 1 saturated heterocycles. The first kappa shape index (κ1) is 15.4. The number of hydrogen-bond donors (Lipinski definition) is 1. The van der Waals surface area contributed by atoms with Gasteiger partial charge in [-0.2, -0.15) is 17.4 Å². The maximum absolute atomic E-state index is 12.1. The molecule has 1 N–H and O–H groups in total. The van der Waals surface area contributed by atoms with Crippen LogP contribution in [0.4, 0.5) is 0 Å². The van der Waals surface area contributed by atoms with Crippen LogP contribution in [0, 0.1) is 0 Å². The molecule has 1 rings (SSSR count). The number of methoxy groups -OCH3 is 1. The summed E-state index contributed by atoms with van der Waals surface area (Å²) < 4.78 is 33.4. The molecule has 0 aromatic rings. The molecule has 1 aliphatic heterocycles. The van der Waals surface area contributed by atoms with Gasteiger partial charge >= 0.3 is 0 Å². The van der Waals surface area contributed by atoms with Gasteiger partial charge in [-0.1, -0.05) is 28.8 Å². The Bertz CT molecular complexity index is 303. The third kappa shape index (κ3) is 5.21. The lowest BCUT2D eigenvalue weighted by molar-refractivity contribution is 0.181. The van der Waals surface area contributed by atoms with Crippen LogP contribution in [-0.4, -0.2) is 50.9 Å². The van der Waals surface area contributed by atoms with Crippen LogP contribution in [0.15, 0.2) is 0 Å². The fourth-order valence-corrected chi connectivity index (χ4v) is 3.90. The lowest BCUT2D eigenvalue weighted by Gasteiger charge is -2.23. The highest BCUT2D eigenvalue weighted by molar-refractivity contribution is 9.09. The van der Waals surface area contributed by atoms with Gasteiger partial charge in [-0.15, -0.1) is 0 Å². The normalized spacial score (nSPS) is 21.1. The molecule has 1 aliphatic rings. The van der Waals surface area contributed by atoms with Crippen LogP contribution in [-0.2, 0) is 14.9 Å². The minimum absolute atomic E-state index is 0.215. The highest BCUT2D eigenvalue weighted by atomic mass is 79.9. The summed E-state index contributed by atoms with van der Waals surface area (Å²) in [6, 6.07) is -0.215. The van der Waals surface area contributed by atoms with Crippen LogP contribution in [0.1, 0.15) is 25.7 Å². The summed E-state index contributed by atoms with van der Waals surface area (Å²) >= 11 is 3.28. The first-order valence-electron chi connectivity index (χ1n) is 5.92. The van der Waals surface area contributed by atoms with Gasteiger partial charge in [0.1, 0.15) is 0 Å². The van der Waals surface area contributed by atoms with E-state index >= 15 is 0 Å². The van der Waals surface area contributed by atoms with Gasteiger partial charge in [-0.05, 0) is 12.8 Å². The molecule has 0 bridgehead atoms. The number of ether oxygens (including phenoxy) is 1. The fraction of sp³-hybridized carbons (Fsp3) is 1.00. The Morgan fingerprint density at radius 1 is 1.29 bits per heavy atom. The van der Waals surface area contributed by atoms with E-state index in [0.717, 1.165) is 25.7 Å². The first-order chi connectivity index (χ1) is 8.10. The quantitative estimate of drug-likeness (QED) is 0.743. The lowest BCUT2D eigenvalue weighted by Crippen LogP contribution is -2.47. The van der Waals surface area contributed by atoms with E-state index in [-0.39, 0.29) is 6.04 Å². The van der Waals surface area contributed by atoms with Crippen molar-refractivity contribution in [3.63, 3.8) is 0 Å². The van der Waals surface area contributed by atoms with Crippen LogP contribution in [0.25, 0.3) is 0 Å². The average molecular weight is 329 g/mol. The third-order valence-corrected chi connectivity index (χ3v) is 5.23. The predicted molar refractivity (Wildman–Crippen MR) is 71.6 cm³/mol. The molecular formula is C10H21BrN2O3S. The van der Waals surface area contributed by atoms with Crippen LogP contribution < -0.4 is 4.72 Å². The lowest BCUT2D eigenvalue weighted by atomic mass is 10.2. The second kappa shape index (κ2) is 7.68. The van der Waals surface area contributed by atoms with Crippen molar-refractivity contribution < 1.29 is 13.2 Å². The van der Waals surface area contributed by atoms with E-state index in [0.29, 0.717) is 25.0 Å². The zero-order valence-corrected chi connectivity index (χ0v) is 12.6. The summed E-state index contributed by atoms with van der Waals surface area (Å²) in [6.45, 7) is 1.62. The maximum Gasteiger partial charge on any atom is 0.279 e. The van der Waals surface area contributed by atoms with E-state index in [9.17, 15) is 8.42 Å². The van der Waals surface area contributed by atoms with Gasteiger partial charge in [0.2, 0.25) is 0 Å². The molecule has 0 amide bonds. The summed E-state index contributed by atoms with van der Waals surface area (Å²) in [5, 5.41) is 0.550. The second-order valence-corrected chi connectivity index (χ2v) is 6.59. The molecule has 0 aromatic carbocycles. The molecule has 0 saturated carbocycles. The largest absolute Gasteiger partial charge is 0.383 e. The van der Waals surface area contributed by atoms with E-state index in [1.54, 1.807) is 11.4 Å². The van der Waals surface area contributed by atoms with Crippen molar-refractivity contribution >= 4 is 26.1 Å². The van der Waals surface area contributed by atoms with Crippen molar-refractivity contribution in [1.29, 1.82) is 0 Å². The van der Waals surface area contributed by atoms with Gasteiger partial charge < -0.3 is 4.74 Å². The van der Waals surface area contributed by atoms with Gasteiger partial charge in [0.25, 0.3) is 10.2 Å². The summed E-state index contributed by atoms with van der Waals surface area (Å²) in [5.41, 5.74) is 0. The molecule has 17 heavy (non-hydrogen) atoms. The third-order valence-electron chi connectivity index (χ3n) is 2.77. The van der Waals surface area contributed by atoms with E-state index in [4.69, 9.17) is 4.74 Å². The van der Waals surface area contributed by atoms with Crippen molar-refractivity contribution in [3.8, 4) is 0 Å². The SMILES string of the molecule is COCC(CBr)NS(=O)(=O)N1CCCCCC1. The monoisotopic (exact) mass is 328 g/mol. The van der Waals surface area contributed by atoms with E-state index < -0.39 is 10.2 Å². The van der Waals surface area contributed by atoms with Gasteiger partial charge in [0, 0.05) is 25.5 Å². The van der Waals surface area contributed by atoms with Crippen molar-refractivity contribution in [2.75, 3.05) is 32.1 Å². The summed E-state index contributed by atoms with van der Waals surface area (Å²) in [4.78, 5) is 0. The smallest absolute Gasteiger partial charge is 0.279 e. The summed E-state index contributed by atoms with van der Waals surface area (Å²) in [7, 11) is -1.80. The Morgan fingerprint density at radius 3 is 2.35 bits per heavy atom. The van der Waals surface area contributed by atoms with Crippen molar-refractivity contribution in [2.45, 2.75) is 31.7 Å². The Kier molecular flexibility index (Phi) is 6.94. The number of halogens is 1. The van der Waals surface area contributed by atoms with E-state index in [1.807, 2.05) is 0 Å². The molecular weight excluding hydrogens is 308 g/mol. The predicted octanol–water partition coefficient (Wildman–Crippen LogP) is 1.11. The Balaban J connectivity index is 2.58. The van der Waals surface area contributed by atoms with Crippen molar-refractivity contribution in [3.05, 3.63) is 0 Å². The molecule has 1 atom stereocenters. The number of hydrogen-bond acceptors (Lipinski definition) is 3. The average Bonchev–Trinajstić information content (AvgIpc) is 2.57. The van der Waals surface area contributed by atoms with Crippen LogP contribution in [0.2, 0.25) is 0 Å². The first-order valence-corrected chi connectivity index (χ1v) is 8.48. The maximum atomic E-state index is 12.1. The van der Waals surface area contributed by atoms with Crippen molar-refractivity contribution in [1.82, 2.24) is 9.03 Å². The fourth-order valence-electron chi connectivity index (χ4n) is 1.88. The summed E-state index contributed by atoms with van der Waals surface area (Å²) in [5.74, 6) is 0. The molecule has 5 nitrogen and oxygen atoms in total. The van der Waals surface area contributed by atoms with Gasteiger partial charge in [-0.3, -0.25) is 0 Å². The minimum Gasteiger partial charge on any atom is -0.383 e. The van der Waals surface area contributed by atoms with Crippen molar-refractivity contribution in [2.24, 2.45) is 0 Å². The number of rotatable bonds is 6. The Hall–Kier alpha value is 0.310. The zero-order chi connectivity index (χ0) is 12.7. The molecule has 7 heteroatoms. The second-order valence-electron chi connectivity index (χ2n) is 4.24. The highest BCUT2D eigenvalue weighted by Crippen LogP contribution is 2.12. The standard InChI is InChI=1S/C10H21BrN2O3S/c1-16-9-10(8-11)12-17(14,15)13-6-4-2-3-5-7-13/h10,12H,2-9H2,1H3. The van der Waals surface area contributed by atoms with Gasteiger partial charge in [-0.25, -0.2) is 0 Å². The molecule has 0 aliphatic carbocycles. The van der Waals surface area contributed by atoms with E-state index in [1.165, 1.54) is 0 Å². The number of alkyl halides is 1. The molecule has 1 fully saturated rings. The molecule has 0 radical (unpaired) electrons. The Labute approximate surface area is 112 Å². The molecule has 0 aromatic heterocycles. The van der Waals surface area contributed by atoms with E-state index in [2.05, 4.69) is 20.7 Å². The van der Waals surface area contributed by atoms with Crippen LogP contribution in [0.3, 0.4) is 0 Å². The Morgan fingerprint density at radius 2 is 1.88 bits per heavy atom. The molecule has 0 spiro atoms. The molecule has 1 unspecified atom stereocenters. The molecule has 102 valence electrons. The van der Waals surface area contributed by atoms with Crippen LogP contribution >= 0.6 is 15.9 Å². The van der Waals surface area contributed by atoms with Crippen LogP contribution in [0.5, 0.6) is 0 Å². The van der Waals surface area contributed by atoms with Gasteiger partial charge in [0.05, 0.1) is 12.6 Å². The molecule has 1 heterocycles. The van der Waals surface area contributed by atoms with Gasteiger partial charge in [0.15, 0.2) is 0 Å². The zero-order valence-electron chi connectivity index (χ0n) is 10.2. The minimum atomic E-state index is -3.37.